The molecule has 1 aliphatic rings. The van der Waals surface area contributed by atoms with E-state index in [4.69, 9.17) is 14.3 Å². The Labute approximate surface area is 155 Å². The second-order valence-corrected chi connectivity index (χ2v) is 6.47. The van der Waals surface area contributed by atoms with Gasteiger partial charge < -0.3 is 14.3 Å². The van der Waals surface area contributed by atoms with Crippen LogP contribution in [0.5, 0.6) is 5.75 Å². The van der Waals surface area contributed by atoms with Crippen LogP contribution < -0.4 is 10.2 Å². The lowest BCUT2D eigenvalue weighted by Gasteiger charge is -2.07. The van der Waals surface area contributed by atoms with Crippen molar-refractivity contribution in [2.45, 2.75) is 19.3 Å². The van der Waals surface area contributed by atoms with Crippen molar-refractivity contribution in [3.63, 3.8) is 0 Å². The van der Waals surface area contributed by atoms with Gasteiger partial charge in [-0.1, -0.05) is 30.3 Å². The highest BCUT2D eigenvalue weighted by atomic mass is 16.5. The Morgan fingerprint density at radius 1 is 1.15 bits per heavy atom. The van der Waals surface area contributed by atoms with E-state index in [1.807, 2.05) is 36.4 Å². The summed E-state index contributed by atoms with van der Waals surface area (Å²) in [7, 11) is 0. The molecule has 0 bridgehead atoms. The average molecular weight is 362 g/mol. The van der Waals surface area contributed by atoms with E-state index in [1.54, 1.807) is 18.2 Å². The molecule has 0 atom stereocenters. The first kappa shape index (κ1) is 17.1. The lowest BCUT2D eigenvalue weighted by Crippen LogP contribution is -2.09. The molecule has 5 nitrogen and oxygen atoms in total. The van der Waals surface area contributed by atoms with Crippen molar-refractivity contribution in [3.8, 4) is 5.75 Å². The fourth-order valence-electron chi connectivity index (χ4n) is 3.31. The zero-order chi connectivity index (χ0) is 18.8. The van der Waals surface area contributed by atoms with Crippen LogP contribution in [0.25, 0.3) is 22.6 Å². The number of carboxylic acids is 1. The van der Waals surface area contributed by atoms with E-state index in [0.29, 0.717) is 34.5 Å². The van der Waals surface area contributed by atoms with E-state index in [1.165, 1.54) is 0 Å². The van der Waals surface area contributed by atoms with Gasteiger partial charge in [0.25, 0.3) is 0 Å². The summed E-state index contributed by atoms with van der Waals surface area (Å²) >= 11 is 0. The molecule has 1 aliphatic carbocycles. The number of carbonyl (C=O) groups is 1. The van der Waals surface area contributed by atoms with Crippen molar-refractivity contribution in [1.29, 1.82) is 0 Å². The third kappa shape index (κ3) is 3.49. The molecule has 0 unspecified atom stereocenters. The number of hydrogen-bond donors (Lipinski definition) is 1. The van der Waals surface area contributed by atoms with Gasteiger partial charge in [-0.15, -0.1) is 0 Å². The van der Waals surface area contributed by atoms with Crippen LogP contribution in [-0.2, 0) is 11.2 Å². The van der Waals surface area contributed by atoms with Crippen LogP contribution in [0.2, 0.25) is 0 Å². The fraction of sp³-hybridized carbons (Fsp3) is 0.182. The molecule has 2 aromatic carbocycles. The number of fused-ring (bicyclic) bond motifs is 2. The molecule has 4 rings (SSSR count). The molecule has 1 heterocycles. The first-order chi connectivity index (χ1) is 13.1. The van der Waals surface area contributed by atoms with E-state index in [-0.39, 0.29) is 18.5 Å². The Bertz CT molecular complexity index is 1090. The largest absolute Gasteiger partial charge is 0.493 e. The normalized spacial score (nSPS) is 14.4. The van der Waals surface area contributed by atoms with Gasteiger partial charge in [-0.25, -0.2) is 0 Å². The summed E-state index contributed by atoms with van der Waals surface area (Å²) in [4.78, 5) is 23.4. The summed E-state index contributed by atoms with van der Waals surface area (Å²) in [5.74, 6) is 0.202. The smallest absolute Gasteiger partial charge is 0.306 e. The Morgan fingerprint density at radius 2 is 1.96 bits per heavy atom. The lowest BCUT2D eigenvalue weighted by molar-refractivity contribution is -0.137. The summed E-state index contributed by atoms with van der Waals surface area (Å²) in [5, 5.41) is 9.22. The Hall–Kier alpha value is -3.34. The molecule has 5 heteroatoms. The Kier molecular flexibility index (Phi) is 4.50. The highest BCUT2D eigenvalue weighted by molar-refractivity contribution is 5.87. The van der Waals surface area contributed by atoms with Gasteiger partial charge in [-0.3, -0.25) is 9.59 Å². The predicted octanol–water partition coefficient (Wildman–Crippen LogP) is 4.13. The highest BCUT2D eigenvalue weighted by Crippen LogP contribution is 2.34. The quantitative estimate of drug-likeness (QED) is 0.738. The van der Waals surface area contributed by atoms with E-state index >= 15 is 0 Å². The van der Waals surface area contributed by atoms with Crippen molar-refractivity contribution in [2.24, 2.45) is 0 Å². The number of aliphatic carboxylic acids is 1. The summed E-state index contributed by atoms with van der Waals surface area (Å²) in [6.07, 6.45) is 3.40. The monoisotopic (exact) mass is 362 g/mol. The molecule has 0 fully saturated rings. The molecule has 0 spiro atoms. The van der Waals surface area contributed by atoms with E-state index in [9.17, 15) is 9.59 Å². The van der Waals surface area contributed by atoms with Gasteiger partial charge in [0.2, 0.25) is 0 Å². The summed E-state index contributed by atoms with van der Waals surface area (Å²) in [5.41, 5.74) is 3.22. The SMILES string of the molecule is O=C(O)CCOc1ccc2c(=O)c3c(oc2c1)/C(=C/c1ccccc1)CC3. The molecule has 0 amide bonds. The topological polar surface area (TPSA) is 76.7 Å². The van der Waals surface area contributed by atoms with Crippen LogP contribution in [0.4, 0.5) is 0 Å². The standard InChI is InChI=1S/C22H18O5/c23-20(24)10-11-26-16-7-9-17-19(13-16)27-22-15(6-8-18(22)21(17)25)12-14-4-2-1-3-5-14/h1-5,7,9,12-13H,6,8,10-11H2,(H,23,24)/b15-12+. The van der Waals surface area contributed by atoms with Crippen LogP contribution >= 0.6 is 0 Å². The maximum Gasteiger partial charge on any atom is 0.306 e. The number of carboxylic acid groups (broad SMARTS) is 1. The van der Waals surface area contributed by atoms with Crippen molar-refractivity contribution in [1.82, 2.24) is 0 Å². The zero-order valence-electron chi connectivity index (χ0n) is 14.6. The molecule has 1 N–H and O–H groups in total. The van der Waals surface area contributed by atoms with Crippen molar-refractivity contribution >= 4 is 28.6 Å². The minimum atomic E-state index is -0.921. The van der Waals surface area contributed by atoms with Crippen LogP contribution in [0.3, 0.4) is 0 Å². The molecular weight excluding hydrogens is 344 g/mol. The maximum atomic E-state index is 12.8. The lowest BCUT2D eigenvalue weighted by atomic mass is 10.1. The van der Waals surface area contributed by atoms with Gasteiger partial charge >= 0.3 is 5.97 Å². The number of ether oxygens (including phenoxy) is 1. The third-order valence-electron chi connectivity index (χ3n) is 4.62. The molecule has 1 aromatic heterocycles. The number of allylic oxidation sites excluding steroid dienone is 1. The molecule has 0 saturated carbocycles. The highest BCUT2D eigenvalue weighted by Gasteiger charge is 2.24. The first-order valence-corrected chi connectivity index (χ1v) is 8.82. The molecule has 136 valence electrons. The van der Waals surface area contributed by atoms with Gasteiger partial charge in [0.05, 0.1) is 18.4 Å². The van der Waals surface area contributed by atoms with E-state index in [2.05, 4.69) is 0 Å². The Morgan fingerprint density at radius 3 is 2.74 bits per heavy atom. The summed E-state index contributed by atoms with van der Waals surface area (Å²) in [6, 6.07) is 14.9. The summed E-state index contributed by atoms with van der Waals surface area (Å²) < 4.78 is 11.5. The van der Waals surface area contributed by atoms with E-state index in [0.717, 1.165) is 17.6 Å². The second kappa shape index (κ2) is 7.11. The molecule has 3 aromatic rings. The van der Waals surface area contributed by atoms with Crippen LogP contribution in [-0.4, -0.2) is 17.7 Å². The molecule has 0 saturated heterocycles. The molecule has 0 radical (unpaired) electrons. The summed E-state index contributed by atoms with van der Waals surface area (Å²) in [6.45, 7) is 0.0647. The van der Waals surface area contributed by atoms with Crippen molar-refractivity contribution in [3.05, 3.63) is 75.6 Å². The van der Waals surface area contributed by atoms with Crippen molar-refractivity contribution < 1.29 is 19.1 Å². The number of hydrogen-bond acceptors (Lipinski definition) is 4. The van der Waals surface area contributed by atoms with Gasteiger partial charge in [0.1, 0.15) is 17.1 Å². The van der Waals surface area contributed by atoms with E-state index < -0.39 is 5.97 Å². The van der Waals surface area contributed by atoms with Crippen LogP contribution in [0.15, 0.2) is 57.7 Å². The van der Waals surface area contributed by atoms with Crippen molar-refractivity contribution in [2.75, 3.05) is 6.61 Å². The van der Waals surface area contributed by atoms with Gasteiger partial charge in [0.15, 0.2) is 5.43 Å². The molecule has 27 heavy (non-hydrogen) atoms. The van der Waals surface area contributed by atoms with Gasteiger partial charge in [-0.05, 0) is 42.2 Å². The minimum Gasteiger partial charge on any atom is -0.493 e. The first-order valence-electron chi connectivity index (χ1n) is 8.82. The zero-order valence-corrected chi connectivity index (χ0v) is 14.6. The van der Waals surface area contributed by atoms with Crippen LogP contribution in [0, 0.1) is 0 Å². The predicted molar refractivity (Wildman–Crippen MR) is 103 cm³/mol. The number of rotatable bonds is 5. The third-order valence-corrected chi connectivity index (χ3v) is 4.62. The number of benzene rings is 2. The molecule has 0 aliphatic heterocycles. The Balaban J connectivity index is 1.72. The minimum absolute atomic E-state index is 0.0141. The second-order valence-electron chi connectivity index (χ2n) is 6.47. The van der Waals surface area contributed by atoms with Gasteiger partial charge in [0, 0.05) is 11.6 Å². The van der Waals surface area contributed by atoms with Crippen LogP contribution in [0.1, 0.15) is 29.7 Å². The average Bonchev–Trinajstić information content (AvgIpc) is 3.05. The molecular formula is C22H18O5. The maximum absolute atomic E-state index is 12.8. The fourth-order valence-corrected chi connectivity index (χ4v) is 3.31. The van der Waals surface area contributed by atoms with Gasteiger partial charge in [-0.2, -0.15) is 0 Å².